The summed E-state index contributed by atoms with van der Waals surface area (Å²) in [4.78, 5) is 30.6. The fraction of sp³-hybridized carbons (Fsp3) is 0.0769. The maximum absolute atomic E-state index is 14.9. The van der Waals surface area contributed by atoms with Crippen LogP contribution in [0.15, 0.2) is 84.6 Å². The number of nitrogens with zero attached hydrogens (tertiary/aromatic N) is 1. The number of aromatic amines is 1. The number of rotatable bonds is 3. The molecule has 32 heavy (non-hydrogen) atoms. The molecule has 2 N–H and O–H groups in total. The molecule has 0 spiro atoms. The molecule has 0 saturated carbocycles. The fourth-order valence-electron chi connectivity index (χ4n) is 4.21. The van der Waals surface area contributed by atoms with Gasteiger partial charge < -0.3 is 10.1 Å². The Balaban J connectivity index is 1.78. The number of carbonyl (C=O) groups is 2. The lowest BCUT2D eigenvalue weighted by atomic mass is 9.94. The second-order valence-corrected chi connectivity index (χ2v) is 7.77. The van der Waals surface area contributed by atoms with Crippen molar-refractivity contribution in [1.82, 2.24) is 4.98 Å². The Morgan fingerprint density at radius 3 is 2.41 bits per heavy atom. The minimum atomic E-state index is -1.10. The van der Waals surface area contributed by atoms with Crippen LogP contribution in [-0.4, -0.2) is 21.8 Å². The first kappa shape index (κ1) is 19.8. The van der Waals surface area contributed by atoms with E-state index >= 15 is 0 Å². The summed E-state index contributed by atoms with van der Waals surface area (Å²) < 4.78 is 14.9. The monoisotopic (exact) mass is 426 g/mol. The highest BCUT2D eigenvalue weighted by molar-refractivity contribution is 6.51. The summed E-state index contributed by atoms with van der Waals surface area (Å²) in [6.07, 6.45) is 1.58. The van der Waals surface area contributed by atoms with Crippen LogP contribution in [0.3, 0.4) is 0 Å². The molecule has 3 aromatic carbocycles. The number of aliphatic hydroxyl groups excluding tert-OH is 1. The van der Waals surface area contributed by atoms with Gasteiger partial charge in [-0.1, -0.05) is 54.1 Å². The van der Waals surface area contributed by atoms with Crippen LogP contribution in [0.1, 0.15) is 22.7 Å². The third kappa shape index (κ3) is 3.00. The molecule has 1 aromatic heterocycles. The van der Waals surface area contributed by atoms with E-state index in [2.05, 4.69) is 4.98 Å². The van der Waals surface area contributed by atoms with Crippen LogP contribution < -0.4 is 4.90 Å². The molecular weight excluding hydrogens is 407 g/mol. The number of anilines is 1. The topological polar surface area (TPSA) is 73.4 Å². The zero-order chi connectivity index (χ0) is 22.4. The lowest BCUT2D eigenvalue weighted by molar-refractivity contribution is -0.132. The van der Waals surface area contributed by atoms with Gasteiger partial charge in [0.1, 0.15) is 11.6 Å². The summed E-state index contributed by atoms with van der Waals surface area (Å²) in [5, 5.41) is 12.0. The molecule has 1 aliphatic rings. The van der Waals surface area contributed by atoms with E-state index < -0.39 is 23.5 Å². The Morgan fingerprint density at radius 1 is 0.969 bits per heavy atom. The normalized spacial score (nSPS) is 17.9. The van der Waals surface area contributed by atoms with Crippen molar-refractivity contribution < 1.29 is 19.1 Å². The molecule has 1 atom stereocenters. The fourth-order valence-corrected chi connectivity index (χ4v) is 4.21. The lowest BCUT2D eigenvalue weighted by Crippen LogP contribution is -2.29. The van der Waals surface area contributed by atoms with Crippen LogP contribution in [0.25, 0.3) is 16.7 Å². The van der Waals surface area contributed by atoms with Crippen molar-refractivity contribution in [2.75, 3.05) is 4.90 Å². The molecule has 1 amide bonds. The molecule has 5 rings (SSSR count). The summed E-state index contributed by atoms with van der Waals surface area (Å²) in [5.74, 6) is -2.59. The zero-order valence-electron chi connectivity index (χ0n) is 17.2. The second kappa shape index (κ2) is 7.50. The van der Waals surface area contributed by atoms with E-state index in [0.717, 1.165) is 11.1 Å². The van der Waals surface area contributed by atoms with Gasteiger partial charge >= 0.3 is 0 Å². The predicted molar refractivity (Wildman–Crippen MR) is 121 cm³/mol. The first-order valence-corrected chi connectivity index (χ1v) is 10.2. The smallest absolute Gasteiger partial charge is 0.300 e. The molecule has 2 heterocycles. The van der Waals surface area contributed by atoms with Crippen molar-refractivity contribution in [2.45, 2.75) is 13.0 Å². The van der Waals surface area contributed by atoms with E-state index in [1.807, 2.05) is 37.3 Å². The van der Waals surface area contributed by atoms with Gasteiger partial charge in [0.05, 0.1) is 11.6 Å². The number of ketones is 1. The molecule has 158 valence electrons. The molecule has 1 aliphatic heterocycles. The van der Waals surface area contributed by atoms with Crippen molar-refractivity contribution in [1.29, 1.82) is 0 Å². The number of aromatic nitrogens is 1. The Kier molecular flexibility index (Phi) is 4.63. The number of benzene rings is 3. The summed E-state index contributed by atoms with van der Waals surface area (Å²) in [6.45, 7) is 1.91. The van der Waals surface area contributed by atoms with Crippen molar-refractivity contribution in [3.8, 4) is 0 Å². The minimum Gasteiger partial charge on any atom is -0.507 e. The standard InChI is InChI=1S/C26H19FN2O3/c1-15-10-12-16(13-11-15)29-23(18-7-2-4-8-20(18)27)22(25(31)26(29)32)24(30)19-14-28-21-9-5-3-6-17(19)21/h2-14,23,28,30H,1H3/b24-22+. The van der Waals surface area contributed by atoms with Gasteiger partial charge in [0, 0.05) is 33.9 Å². The molecule has 5 nitrogen and oxygen atoms in total. The van der Waals surface area contributed by atoms with Gasteiger partial charge in [0.2, 0.25) is 0 Å². The summed E-state index contributed by atoms with van der Waals surface area (Å²) in [5.41, 5.74) is 2.56. The van der Waals surface area contributed by atoms with Crippen LogP contribution in [0.4, 0.5) is 10.1 Å². The van der Waals surface area contributed by atoms with Gasteiger partial charge in [-0.25, -0.2) is 4.39 Å². The third-order valence-corrected chi connectivity index (χ3v) is 5.80. The number of Topliss-reactive ketones (excluding diaryl/α,β-unsaturated/α-hetero) is 1. The number of amides is 1. The predicted octanol–water partition coefficient (Wildman–Crippen LogP) is 5.24. The third-order valence-electron chi connectivity index (χ3n) is 5.80. The van der Waals surface area contributed by atoms with Crippen LogP contribution in [0.2, 0.25) is 0 Å². The van der Waals surface area contributed by atoms with Gasteiger partial charge in [-0.3, -0.25) is 14.5 Å². The minimum absolute atomic E-state index is 0.133. The molecule has 0 radical (unpaired) electrons. The first-order chi connectivity index (χ1) is 15.5. The highest BCUT2D eigenvalue weighted by atomic mass is 19.1. The number of para-hydroxylation sites is 1. The molecule has 0 aliphatic carbocycles. The number of aryl methyl sites for hydroxylation is 1. The maximum atomic E-state index is 14.9. The quantitative estimate of drug-likeness (QED) is 0.267. The van der Waals surface area contributed by atoms with Gasteiger partial charge in [0.15, 0.2) is 0 Å². The van der Waals surface area contributed by atoms with E-state index in [1.54, 1.807) is 30.5 Å². The molecule has 1 unspecified atom stereocenters. The first-order valence-electron chi connectivity index (χ1n) is 10.2. The number of fused-ring (bicyclic) bond motifs is 1. The Hall–Kier alpha value is -4.19. The zero-order valence-corrected chi connectivity index (χ0v) is 17.2. The summed E-state index contributed by atoms with van der Waals surface area (Å²) in [7, 11) is 0. The highest BCUT2D eigenvalue weighted by Crippen LogP contribution is 2.43. The highest BCUT2D eigenvalue weighted by Gasteiger charge is 2.48. The van der Waals surface area contributed by atoms with E-state index in [4.69, 9.17) is 0 Å². The van der Waals surface area contributed by atoms with Gasteiger partial charge in [-0.05, 0) is 31.2 Å². The molecule has 1 fully saturated rings. The van der Waals surface area contributed by atoms with Crippen LogP contribution in [-0.2, 0) is 9.59 Å². The molecule has 6 heteroatoms. The van der Waals surface area contributed by atoms with Gasteiger partial charge in [-0.15, -0.1) is 0 Å². The number of hydrogen-bond acceptors (Lipinski definition) is 3. The van der Waals surface area contributed by atoms with Crippen LogP contribution >= 0.6 is 0 Å². The average Bonchev–Trinajstić information content (AvgIpc) is 3.34. The maximum Gasteiger partial charge on any atom is 0.300 e. The summed E-state index contributed by atoms with van der Waals surface area (Å²) in [6, 6.07) is 19.2. The number of carbonyl (C=O) groups excluding carboxylic acids is 2. The van der Waals surface area contributed by atoms with Crippen LogP contribution in [0.5, 0.6) is 0 Å². The molecule has 0 bridgehead atoms. The largest absolute Gasteiger partial charge is 0.507 e. The van der Waals surface area contributed by atoms with Gasteiger partial charge in [-0.2, -0.15) is 0 Å². The Labute approximate surface area is 183 Å². The average molecular weight is 426 g/mol. The summed E-state index contributed by atoms with van der Waals surface area (Å²) >= 11 is 0. The number of nitrogens with one attached hydrogen (secondary N) is 1. The van der Waals surface area contributed by atoms with E-state index in [9.17, 15) is 19.1 Å². The van der Waals surface area contributed by atoms with Gasteiger partial charge in [0.25, 0.3) is 11.7 Å². The van der Waals surface area contributed by atoms with Crippen LogP contribution in [0, 0.1) is 12.7 Å². The number of halogens is 1. The lowest BCUT2D eigenvalue weighted by Gasteiger charge is -2.25. The van der Waals surface area contributed by atoms with Crippen molar-refractivity contribution in [2.24, 2.45) is 0 Å². The van der Waals surface area contributed by atoms with Crippen molar-refractivity contribution in [3.05, 3.63) is 107 Å². The number of hydrogen-bond donors (Lipinski definition) is 2. The number of H-pyrrole nitrogens is 1. The van der Waals surface area contributed by atoms with Crippen molar-refractivity contribution in [3.63, 3.8) is 0 Å². The molecule has 4 aromatic rings. The van der Waals surface area contributed by atoms with E-state index in [1.165, 1.54) is 23.1 Å². The second-order valence-electron chi connectivity index (χ2n) is 7.77. The Morgan fingerprint density at radius 2 is 1.66 bits per heavy atom. The molecular formula is C26H19FN2O3. The Bertz CT molecular complexity index is 1400. The SMILES string of the molecule is Cc1ccc(N2C(=O)C(=O)/C(=C(/O)c3c[nH]c4ccccc34)C2c2ccccc2F)cc1. The van der Waals surface area contributed by atoms with Crippen molar-refractivity contribution >= 4 is 34.0 Å². The van der Waals surface area contributed by atoms with E-state index in [-0.39, 0.29) is 16.9 Å². The molecule has 1 saturated heterocycles. The van der Waals surface area contributed by atoms with E-state index in [0.29, 0.717) is 16.6 Å². The number of aliphatic hydroxyl groups is 1.